The van der Waals surface area contributed by atoms with Gasteiger partial charge in [-0.3, -0.25) is 14.7 Å². The van der Waals surface area contributed by atoms with Crippen LogP contribution in [0, 0.1) is 11.8 Å². The molecule has 1 amide bonds. The van der Waals surface area contributed by atoms with Crippen molar-refractivity contribution in [2.24, 2.45) is 11.8 Å². The molecule has 1 aromatic carbocycles. The fourth-order valence-corrected chi connectivity index (χ4v) is 8.47. The average Bonchev–Trinajstić information content (AvgIpc) is 2.88. The second-order valence-corrected chi connectivity index (χ2v) is 12.1. The van der Waals surface area contributed by atoms with Crippen LogP contribution in [-0.4, -0.2) is 40.0 Å². The van der Waals surface area contributed by atoms with Crippen molar-refractivity contribution >= 4 is 29.6 Å². The van der Waals surface area contributed by atoms with Crippen LogP contribution in [0.5, 0.6) is 0 Å². The molecule has 188 valence electrons. The fraction of sp³-hybridized carbons (Fsp3) is 0.548. The number of pyridine rings is 1. The minimum absolute atomic E-state index is 0.0797. The highest BCUT2D eigenvalue weighted by Gasteiger charge is 2.47. The highest BCUT2D eigenvalue weighted by Crippen LogP contribution is 2.47. The van der Waals surface area contributed by atoms with Gasteiger partial charge in [0.05, 0.1) is 16.7 Å². The molecule has 3 aliphatic heterocycles. The van der Waals surface area contributed by atoms with Crippen molar-refractivity contribution in [2.75, 3.05) is 10.2 Å². The van der Waals surface area contributed by atoms with E-state index < -0.39 is 0 Å². The third-order valence-corrected chi connectivity index (χ3v) is 9.86. The Bertz CT molecular complexity index is 1220. The Morgan fingerprint density at radius 2 is 1.53 bits per heavy atom. The summed E-state index contributed by atoms with van der Waals surface area (Å²) >= 11 is 0. The zero-order chi connectivity index (χ0) is 24.2. The molecule has 6 atom stereocenters. The number of rotatable bonds is 2. The lowest BCUT2D eigenvalue weighted by molar-refractivity contribution is -0.115. The SMILES string of the molecule is C=c1ccc(=C2Nc3ccccc3N(C3C[C@H]4CCC[C@@H](C3)N4C3C[C@H]4CCC[C@@H](C3)C4)C2=O)cn1. The second-order valence-electron chi connectivity index (χ2n) is 12.1. The Balaban J connectivity index is 1.21. The predicted octanol–water partition coefficient (Wildman–Crippen LogP) is 4.41. The van der Waals surface area contributed by atoms with Crippen molar-refractivity contribution < 1.29 is 4.79 Å². The summed E-state index contributed by atoms with van der Waals surface area (Å²) in [6, 6.07) is 14.4. The van der Waals surface area contributed by atoms with Crippen molar-refractivity contribution in [1.29, 1.82) is 0 Å². The molecule has 2 aliphatic carbocycles. The zero-order valence-corrected chi connectivity index (χ0v) is 21.2. The Morgan fingerprint density at radius 1 is 0.806 bits per heavy atom. The molecule has 2 saturated heterocycles. The summed E-state index contributed by atoms with van der Waals surface area (Å²) in [6.07, 6.45) is 16.5. The monoisotopic (exact) mass is 482 g/mol. The van der Waals surface area contributed by atoms with Crippen LogP contribution >= 0.6 is 0 Å². The van der Waals surface area contributed by atoms with Gasteiger partial charge >= 0.3 is 0 Å². The molecule has 4 fully saturated rings. The summed E-state index contributed by atoms with van der Waals surface area (Å²) in [6.45, 7) is 3.91. The molecule has 1 N–H and O–H groups in total. The quantitative estimate of drug-likeness (QED) is 0.689. The predicted molar refractivity (Wildman–Crippen MR) is 145 cm³/mol. The molecule has 2 unspecified atom stereocenters. The molecule has 5 aliphatic rings. The summed E-state index contributed by atoms with van der Waals surface area (Å²) in [5.41, 5.74) is 2.67. The average molecular weight is 483 g/mol. The molecule has 2 saturated carbocycles. The van der Waals surface area contributed by atoms with E-state index in [2.05, 4.69) is 44.9 Å². The number of carbonyl (C=O) groups is 1. The number of hydrogen-bond donors (Lipinski definition) is 1. The highest BCUT2D eigenvalue weighted by atomic mass is 16.2. The van der Waals surface area contributed by atoms with Crippen LogP contribution in [0.3, 0.4) is 0 Å². The van der Waals surface area contributed by atoms with Gasteiger partial charge in [-0.2, -0.15) is 0 Å². The van der Waals surface area contributed by atoms with Gasteiger partial charge in [0, 0.05) is 35.6 Å². The van der Waals surface area contributed by atoms with Crippen LogP contribution in [0.4, 0.5) is 11.4 Å². The van der Waals surface area contributed by atoms with Crippen molar-refractivity contribution in [3.05, 3.63) is 53.2 Å². The normalized spacial score (nSPS) is 35.7. The van der Waals surface area contributed by atoms with Gasteiger partial charge in [0.25, 0.3) is 5.91 Å². The summed E-state index contributed by atoms with van der Waals surface area (Å²) in [7, 11) is 0. The van der Waals surface area contributed by atoms with Crippen molar-refractivity contribution in [1.82, 2.24) is 9.88 Å². The number of piperidine rings is 2. The molecule has 0 spiro atoms. The maximum absolute atomic E-state index is 14.1. The summed E-state index contributed by atoms with van der Waals surface area (Å²) in [5.74, 6) is 1.99. The molecule has 5 heteroatoms. The minimum Gasteiger partial charge on any atom is -0.349 e. The number of fused-ring (bicyclic) bond motifs is 5. The molecule has 4 heterocycles. The van der Waals surface area contributed by atoms with E-state index in [9.17, 15) is 4.79 Å². The molecule has 2 aromatic rings. The Labute approximate surface area is 214 Å². The Kier molecular flexibility index (Phi) is 5.65. The van der Waals surface area contributed by atoms with Crippen LogP contribution in [0.25, 0.3) is 12.3 Å². The number of carbonyl (C=O) groups excluding carboxylic acids is 1. The summed E-state index contributed by atoms with van der Waals surface area (Å²) < 4.78 is 0. The Morgan fingerprint density at radius 3 is 2.25 bits per heavy atom. The maximum atomic E-state index is 14.1. The van der Waals surface area contributed by atoms with E-state index >= 15 is 0 Å². The number of hydrogen-bond acceptors (Lipinski definition) is 4. The largest absolute Gasteiger partial charge is 0.349 e. The lowest BCUT2D eigenvalue weighted by Gasteiger charge is -2.56. The van der Waals surface area contributed by atoms with Gasteiger partial charge in [-0.05, 0) is 81.0 Å². The minimum atomic E-state index is 0.0797. The molecular weight excluding hydrogens is 444 g/mol. The molecule has 4 bridgehead atoms. The topological polar surface area (TPSA) is 48.5 Å². The zero-order valence-electron chi connectivity index (χ0n) is 21.2. The van der Waals surface area contributed by atoms with E-state index in [-0.39, 0.29) is 11.9 Å². The van der Waals surface area contributed by atoms with Gasteiger partial charge in [-0.1, -0.05) is 44.4 Å². The number of nitrogens with one attached hydrogen (secondary N) is 1. The first-order valence-electron chi connectivity index (χ1n) is 14.3. The van der Waals surface area contributed by atoms with Gasteiger partial charge in [0.15, 0.2) is 0 Å². The lowest BCUT2D eigenvalue weighted by Crippen LogP contribution is -2.62. The molecule has 36 heavy (non-hydrogen) atoms. The molecule has 1 aromatic heterocycles. The molecule has 0 radical (unpaired) electrons. The first kappa shape index (κ1) is 22.5. The van der Waals surface area contributed by atoms with Crippen LogP contribution in [0.15, 0.2) is 42.6 Å². The lowest BCUT2D eigenvalue weighted by atomic mass is 9.68. The van der Waals surface area contributed by atoms with Gasteiger partial charge in [0.2, 0.25) is 0 Å². The van der Waals surface area contributed by atoms with Crippen LogP contribution < -0.4 is 20.8 Å². The number of benzene rings is 1. The standard InChI is InChI=1S/C31H38N4O/c1-20-12-13-23(19-32-20)30-31(36)35(29-11-3-2-10-28(29)33-30)27-17-24-8-5-9-25(18-27)34(24)26-15-21-6-4-7-22(14-21)16-26/h2-3,10-13,19,21-22,24-27,33H,1,4-9,14-18H2/t21-,22+,24-,25+,26?,27?. The van der Waals surface area contributed by atoms with Gasteiger partial charge in [-0.25, -0.2) is 0 Å². The molecule has 7 rings (SSSR count). The van der Waals surface area contributed by atoms with Crippen LogP contribution in [-0.2, 0) is 4.79 Å². The van der Waals surface area contributed by atoms with Crippen LogP contribution in [0.2, 0.25) is 0 Å². The third kappa shape index (κ3) is 3.87. The third-order valence-electron chi connectivity index (χ3n) is 9.86. The first-order chi connectivity index (χ1) is 17.6. The van der Waals surface area contributed by atoms with E-state index in [0.29, 0.717) is 23.1 Å². The van der Waals surface area contributed by atoms with E-state index in [1.54, 1.807) is 6.20 Å². The number of amides is 1. The number of para-hydroxylation sites is 2. The molecule has 5 nitrogen and oxygen atoms in total. The number of nitrogens with zero attached hydrogens (tertiary/aromatic N) is 3. The van der Waals surface area contributed by atoms with E-state index in [1.807, 2.05) is 18.2 Å². The first-order valence-corrected chi connectivity index (χ1v) is 14.3. The van der Waals surface area contributed by atoms with Crippen molar-refractivity contribution in [3.8, 4) is 0 Å². The Hall–Kier alpha value is -2.66. The van der Waals surface area contributed by atoms with Crippen molar-refractivity contribution in [2.45, 2.75) is 94.8 Å². The van der Waals surface area contributed by atoms with Gasteiger partial charge in [-0.15, -0.1) is 0 Å². The summed E-state index contributed by atoms with van der Waals surface area (Å²) in [5, 5.41) is 4.99. The fourth-order valence-electron chi connectivity index (χ4n) is 8.47. The van der Waals surface area contributed by atoms with E-state index in [1.165, 1.54) is 57.8 Å². The van der Waals surface area contributed by atoms with E-state index in [0.717, 1.165) is 47.3 Å². The smallest absolute Gasteiger partial charge is 0.275 e. The summed E-state index contributed by atoms with van der Waals surface area (Å²) in [4.78, 5) is 23.6. The van der Waals surface area contributed by atoms with Crippen LogP contribution in [0.1, 0.15) is 70.6 Å². The number of anilines is 2. The van der Waals surface area contributed by atoms with E-state index in [4.69, 9.17) is 0 Å². The molecular formula is C31H38N4O. The highest BCUT2D eigenvalue weighted by molar-refractivity contribution is 6.27. The van der Waals surface area contributed by atoms with Crippen molar-refractivity contribution in [3.63, 3.8) is 0 Å². The maximum Gasteiger partial charge on any atom is 0.275 e. The number of aromatic nitrogens is 1. The second kappa shape index (κ2) is 9.02. The van der Waals surface area contributed by atoms with Gasteiger partial charge in [0.1, 0.15) is 5.70 Å². The van der Waals surface area contributed by atoms with Gasteiger partial charge < -0.3 is 10.2 Å².